The smallest absolute Gasteiger partial charge is 0.261 e. The Bertz CT molecular complexity index is 1080. The predicted octanol–water partition coefficient (Wildman–Crippen LogP) is 2.83. The number of halogens is 1. The normalized spacial score (nSPS) is 16.3. The molecule has 2 amide bonds. The molecular formula is C21H23ClN6O2S. The van der Waals surface area contributed by atoms with Crippen molar-refractivity contribution in [1.82, 2.24) is 24.8 Å². The Morgan fingerprint density at radius 2 is 2.13 bits per heavy atom. The van der Waals surface area contributed by atoms with Crippen LogP contribution in [0.3, 0.4) is 0 Å². The van der Waals surface area contributed by atoms with Crippen LogP contribution in [0.5, 0.6) is 0 Å². The molecule has 1 unspecified atom stereocenters. The summed E-state index contributed by atoms with van der Waals surface area (Å²) in [7, 11) is 3.99. The Kier molecular flexibility index (Phi) is 6.35. The van der Waals surface area contributed by atoms with Gasteiger partial charge in [0.15, 0.2) is 0 Å². The number of hydrogen-bond donors (Lipinski definition) is 1. The van der Waals surface area contributed by atoms with Crippen LogP contribution in [-0.2, 0) is 11.3 Å². The third-order valence-electron chi connectivity index (χ3n) is 5.02. The average Bonchev–Trinajstić information content (AvgIpc) is 3.46. The molecule has 4 rings (SSSR count). The predicted molar refractivity (Wildman–Crippen MR) is 121 cm³/mol. The number of rotatable bonds is 7. The van der Waals surface area contributed by atoms with E-state index in [2.05, 4.69) is 20.2 Å². The van der Waals surface area contributed by atoms with Crippen molar-refractivity contribution < 1.29 is 9.59 Å². The fourth-order valence-corrected chi connectivity index (χ4v) is 4.51. The maximum atomic E-state index is 12.5. The molecule has 3 aromatic heterocycles. The summed E-state index contributed by atoms with van der Waals surface area (Å²) in [6.45, 7) is 1.66. The third-order valence-corrected chi connectivity index (χ3v) is 6.25. The monoisotopic (exact) mass is 458 g/mol. The largest absolute Gasteiger partial charge is 0.351 e. The highest BCUT2D eigenvalue weighted by Crippen LogP contribution is 2.25. The second kappa shape index (κ2) is 9.17. The number of nitrogens with one attached hydrogen (secondary N) is 1. The van der Waals surface area contributed by atoms with Crippen molar-refractivity contribution in [3.05, 3.63) is 57.9 Å². The van der Waals surface area contributed by atoms with E-state index in [0.717, 1.165) is 11.5 Å². The highest BCUT2D eigenvalue weighted by molar-refractivity contribution is 7.17. The van der Waals surface area contributed by atoms with Gasteiger partial charge in [-0.3, -0.25) is 14.5 Å². The van der Waals surface area contributed by atoms with Gasteiger partial charge < -0.3 is 14.8 Å². The van der Waals surface area contributed by atoms with Crippen molar-refractivity contribution in [2.24, 2.45) is 5.92 Å². The fourth-order valence-electron chi connectivity index (χ4n) is 3.55. The summed E-state index contributed by atoms with van der Waals surface area (Å²) in [4.78, 5) is 37.9. The summed E-state index contributed by atoms with van der Waals surface area (Å²) >= 11 is 7.12. The maximum absolute atomic E-state index is 12.5. The Hall–Kier alpha value is -2.75. The molecule has 1 aliphatic rings. The lowest BCUT2D eigenvalue weighted by atomic mass is 10.1. The minimum absolute atomic E-state index is 0.00888. The van der Waals surface area contributed by atoms with E-state index < -0.39 is 0 Å². The number of anilines is 1. The minimum atomic E-state index is -0.167. The molecule has 162 valence electrons. The summed E-state index contributed by atoms with van der Waals surface area (Å²) in [6.07, 6.45) is 5.79. The number of carbonyl (C=O) groups is 2. The van der Waals surface area contributed by atoms with E-state index in [1.54, 1.807) is 29.4 Å². The molecule has 1 aliphatic heterocycles. The highest BCUT2D eigenvalue weighted by atomic mass is 35.5. The van der Waals surface area contributed by atoms with E-state index in [9.17, 15) is 9.59 Å². The van der Waals surface area contributed by atoms with Crippen LogP contribution >= 0.6 is 22.9 Å². The molecule has 8 nitrogen and oxygen atoms in total. The van der Waals surface area contributed by atoms with Crippen LogP contribution in [0.2, 0.25) is 4.34 Å². The SMILES string of the molecule is CN(C)Cc1nccn1-c1ccc(N2CC(CNC(=O)c3ccc(Cl)s3)CC2=O)nc1. The number of hydrogen-bond acceptors (Lipinski definition) is 6. The number of carbonyl (C=O) groups excluding carboxylic acids is 2. The lowest BCUT2D eigenvalue weighted by Crippen LogP contribution is -2.31. The second-order valence-electron chi connectivity index (χ2n) is 7.71. The first-order valence-corrected chi connectivity index (χ1v) is 11.1. The number of thiophene rings is 1. The number of imidazole rings is 1. The zero-order chi connectivity index (χ0) is 22.0. The Morgan fingerprint density at radius 3 is 2.81 bits per heavy atom. The molecule has 10 heteroatoms. The van der Waals surface area contributed by atoms with Gasteiger partial charge in [-0.2, -0.15) is 0 Å². The first-order chi connectivity index (χ1) is 14.9. The first kappa shape index (κ1) is 21.5. The molecule has 1 fully saturated rings. The molecular weight excluding hydrogens is 436 g/mol. The third kappa shape index (κ3) is 4.95. The zero-order valence-corrected chi connectivity index (χ0v) is 18.9. The molecule has 3 aromatic rings. The molecule has 0 aliphatic carbocycles. The molecule has 0 bridgehead atoms. The van der Waals surface area contributed by atoms with Gasteiger partial charge in [0.05, 0.1) is 27.6 Å². The molecule has 4 heterocycles. The standard InChI is InChI=1S/C21H23ClN6O2S/c1-26(2)13-19-23-7-8-27(19)15-3-6-18(24-11-15)28-12-14(9-20(28)29)10-25-21(30)16-4-5-17(22)31-16/h3-8,11,14H,9-10,12-13H2,1-2H3,(H,25,30). The second-order valence-corrected chi connectivity index (χ2v) is 9.43. The van der Waals surface area contributed by atoms with Gasteiger partial charge in [0.25, 0.3) is 5.91 Å². The van der Waals surface area contributed by atoms with Crippen LogP contribution in [0.25, 0.3) is 5.69 Å². The van der Waals surface area contributed by atoms with Gasteiger partial charge in [-0.1, -0.05) is 11.6 Å². The molecule has 1 N–H and O–H groups in total. The van der Waals surface area contributed by atoms with E-state index in [1.807, 2.05) is 37.0 Å². The van der Waals surface area contributed by atoms with Crippen molar-refractivity contribution >= 4 is 40.6 Å². The zero-order valence-electron chi connectivity index (χ0n) is 17.3. The van der Waals surface area contributed by atoms with Crippen LogP contribution < -0.4 is 10.2 Å². The highest BCUT2D eigenvalue weighted by Gasteiger charge is 2.31. The lowest BCUT2D eigenvalue weighted by molar-refractivity contribution is -0.117. The van der Waals surface area contributed by atoms with Crippen LogP contribution in [0.1, 0.15) is 21.9 Å². The van der Waals surface area contributed by atoms with Crippen molar-refractivity contribution in [2.45, 2.75) is 13.0 Å². The van der Waals surface area contributed by atoms with Crippen molar-refractivity contribution in [2.75, 3.05) is 32.1 Å². The lowest BCUT2D eigenvalue weighted by Gasteiger charge is -2.17. The number of amides is 2. The average molecular weight is 459 g/mol. The van der Waals surface area contributed by atoms with Gasteiger partial charge in [-0.05, 0) is 38.4 Å². The number of aromatic nitrogens is 3. The van der Waals surface area contributed by atoms with Crippen molar-refractivity contribution in [1.29, 1.82) is 0 Å². The van der Waals surface area contributed by atoms with Crippen LogP contribution in [-0.4, -0.2) is 58.4 Å². The maximum Gasteiger partial charge on any atom is 0.261 e. The number of pyridine rings is 1. The minimum Gasteiger partial charge on any atom is -0.351 e. The first-order valence-electron chi connectivity index (χ1n) is 9.88. The van der Waals surface area contributed by atoms with E-state index >= 15 is 0 Å². The van der Waals surface area contributed by atoms with Crippen LogP contribution in [0.15, 0.2) is 42.9 Å². The van der Waals surface area contributed by atoms with Gasteiger partial charge in [0, 0.05) is 37.8 Å². The summed E-state index contributed by atoms with van der Waals surface area (Å²) < 4.78 is 2.56. The van der Waals surface area contributed by atoms with E-state index in [4.69, 9.17) is 11.6 Å². The number of nitrogens with zero attached hydrogens (tertiary/aromatic N) is 5. The molecule has 0 radical (unpaired) electrons. The summed E-state index contributed by atoms with van der Waals surface area (Å²) in [5, 5.41) is 2.90. The van der Waals surface area contributed by atoms with Gasteiger partial charge in [-0.25, -0.2) is 9.97 Å². The topological polar surface area (TPSA) is 83.4 Å². The van der Waals surface area contributed by atoms with Crippen molar-refractivity contribution in [3.8, 4) is 5.69 Å². The summed E-state index contributed by atoms with van der Waals surface area (Å²) in [5.74, 6) is 1.41. The quantitative estimate of drug-likeness (QED) is 0.588. The molecule has 0 spiro atoms. The molecule has 0 saturated carbocycles. The summed E-state index contributed by atoms with van der Waals surface area (Å²) in [6, 6.07) is 7.18. The molecule has 31 heavy (non-hydrogen) atoms. The van der Waals surface area contributed by atoms with Gasteiger partial charge >= 0.3 is 0 Å². The van der Waals surface area contributed by atoms with Gasteiger partial charge in [0.1, 0.15) is 11.6 Å². The molecule has 0 aromatic carbocycles. The Balaban J connectivity index is 1.38. The molecule has 1 atom stereocenters. The van der Waals surface area contributed by atoms with E-state index in [-0.39, 0.29) is 17.7 Å². The van der Waals surface area contributed by atoms with Crippen LogP contribution in [0.4, 0.5) is 5.82 Å². The van der Waals surface area contributed by atoms with E-state index in [1.165, 1.54) is 11.3 Å². The van der Waals surface area contributed by atoms with Crippen molar-refractivity contribution in [3.63, 3.8) is 0 Å². The van der Waals surface area contributed by atoms with E-state index in [0.29, 0.717) is 41.1 Å². The fraction of sp³-hybridized carbons (Fsp3) is 0.333. The Labute approximate surface area is 189 Å². The Morgan fingerprint density at radius 1 is 1.29 bits per heavy atom. The van der Waals surface area contributed by atoms with Crippen LogP contribution in [0, 0.1) is 5.92 Å². The van der Waals surface area contributed by atoms with Gasteiger partial charge in [-0.15, -0.1) is 11.3 Å². The summed E-state index contributed by atoms with van der Waals surface area (Å²) in [5.41, 5.74) is 0.892. The molecule has 1 saturated heterocycles. The van der Waals surface area contributed by atoms with Gasteiger partial charge in [0.2, 0.25) is 5.91 Å².